The van der Waals surface area contributed by atoms with Crippen molar-refractivity contribution in [1.29, 1.82) is 0 Å². The molecule has 44 valence electrons. The Kier molecular flexibility index (Phi) is 1.53. The molecule has 0 atom stereocenters. The molecule has 0 radical (unpaired) electrons. The van der Waals surface area contributed by atoms with E-state index < -0.39 is 0 Å². The van der Waals surface area contributed by atoms with Crippen molar-refractivity contribution in [2.24, 2.45) is 4.99 Å². The first kappa shape index (κ1) is 5.62. The Morgan fingerprint density at radius 3 is 3.00 bits per heavy atom. The van der Waals surface area contributed by atoms with Crippen molar-refractivity contribution in [3.63, 3.8) is 0 Å². The highest BCUT2D eigenvalue weighted by Crippen LogP contribution is 2.12. The minimum Gasteiger partial charge on any atom is -0.434 e. The zero-order valence-electron chi connectivity index (χ0n) is 4.38. The van der Waals surface area contributed by atoms with Crippen molar-refractivity contribution in [3.8, 4) is 0 Å². The van der Waals surface area contributed by atoms with Gasteiger partial charge in [-0.15, -0.1) is 0 Å². The van der Waals surface area contributed by atoms with Crippen LogP contribution in [0.3, 0.4) is 0 Å². The summed E-state index contributed by atoms with van der Waals surface area (Å²) in [6, 6.07) is 0. The molecular formula is C4H5NO2S. The number of cyclic esters (lactones) is 1. The predicted molar refractivity (Wildman–Crippen MR) is 32.0 cm³/mol. The summed E-state index contributed by atoms with van der Waals surface area (Å²) in [5.74, 6) is 0. The fraction of sp³-hybridized carbons (Fsp3) is 0.500. The largest absolute Gasteiger partial charge is 0.434 e. The van der Waals surface area contributed by atoms with E-state index in [9.17, 15) is 4.79 Å². The first-order valence-corrected chi connectivity index (χ1v) is 2.96. The molecular weight excluding hydrogens is 126 g/mol. The highest BCUT2D eigenvalue weighted by Gasteiger charge is 2.09. The second-order valence-corrected chi connectivity index (χ2v) is 2.43. The van der Waals surface area contributed by atoms with Crippen LogP contribution in [0.2, 0.25) is 0 Å². The first-order chi connectivity index (χ1) is 3.79. The molecule has 0 N–H and O–H groups in total. The van der Waals surface area contributed by atoms with E-state index in [-0.39, 0.29) is 12.0 Å². The molecule has 8 heavy (non-hydrogen) atoms. The number of nitrogens with zero attached hydrogens (tertiary/aromatic N) is 1. The number of carbonyl (C=O) groups excluding carboxylic acids is 1. The van der Waals surface area contributed by atoms with Gasteiger partial charge in [0.2, 0.25) is 0 Å². The van der Waals surface area contributed by atoms with Gasteiger partial charge >= 0.3 is 5.30 Å². The highest BCUT2D eigenvalue weighted by molar-refractivity contribution is 8.26. The molecule has 4 heteroatoms. The average molecular weight is 131 g/mol. The van der Waals surface area contributed by atoms with Crippen LogP contribution in [0.1, 0.15) is 6.92 Å². The van der Waals surface area contributed by atoms with Gasteiger partial charge in [0, 0.05) is 11.8 Å². The molecule has 0 spiro atoms. The van der Waals surface area contributed by atoms with Crippen LogP contribution in [0.15, 0.2) is 4.99 Å². The monoisotopic (exact) mass is 131 g/mol. The van der Waals surface area contributed by atoms with Crippen molar-refractivity contribution < 1.29 is 9.53 Å². The van der Waals surface area contributed by atoms with E-state index in [4.69, 9.17) is 0 Å². The minimum atomic E-state index is -0.252. The first-order valence-electron chi connectivity index (χ1n) is 2.15. The normalized spacial score (nSPS) is 19.6. The van der Waals surface area contributed by atoms with Gasteiger partial charge in [0.25, 0.3) is 0 Å². The fourth-order valence-corrected chi connectivity index (χ4v) is 0.828. The lowest BCUT2D eigenvalue weighted by atomic mass is 10.9. The van der Waals surface area contributed by atoms with Gasteiger partial charge < -0.3 is 4.74 Å². The summed E-state index contributed by atoms with van der Waals surface area (Å²) in [5.41, 5.74) is 0. The third-order valence-corrected chi connectivity index (χ3v) is 1.41. The maximum absolute atomic E-state index is 10.3. The number of thioether (sulfide) groups is 1. The van der Waals surface area contributed by atoms with E-state index >= 15 is 0 Å². The van der Waals surface area contributed by atoms with Crippen LogP contribution < -0.4 is 0 Å². The van der Waals surface area contributed by atoms with Gasteiger partial charge in [0.15, 0.2) is 6.73 Å². The van der Waals surface area contributed by atoms with Gasteiger partial charge in [-0.3, -0.25) is 0 Å². The summed E-state index contributed by atoms with van der Waals surface area (Å²) in [7, 11) is 0. The summed E-state index contributed by atoms with van der Waals surface area (Å²) < 4.78 is 4.48. The van der Waals surface area contributed by atoms with Crippen LogP contribution in [-0.4, -0.2) is 17.1 Å². The molecule has 1 rings (SSSR count). The van der Waals surface area contributed by atoms with E-state index in [1.807, 2.05) is 0 Å². The highest BCUT2D eigenvalue weighted by atomic mass is 32.2. The van der Waals surface area contributed by atoms with Crippen LogP contribution in [-0.2, 0) is 4.74 Å². The number of ether oxygens (including phenoxy) is 1. The van der Waals surface area contributed by atoms with Gasteiger partial charge in [0.1, 0.15) is 0 Å². The molecule has 0 aromatic carbocycles. The SMILES string of the molecule is CC1=NCOC(=O)S1. The van der Waals surface area contributed by atoms with Gasteiger partial charge in [-0.05, 0) is 6.92 Å². The second-order valence-electron chi connectivity index (χ2n) is 1.30. The van der Waals surface area contributed by atoms with Gasteiger partial charge in [-0.2, -0.15) is 0 Å². The Morgan fingerprint density at radius 2 is 2.62 bits per heavy atom. The zero-order chi connectivity index (χ0) is 5.98. The number of carbonyl (C=O) groups is 1. The van der Waals surface area contributed by atoms with E-state index in [1.54, 1.807) is 6.92 Å². The van der Waals surface area contributed by atoms with Crippen LogP contribution in [0.4, 0.5) is 4.79 Å². The van der Waals surface area contributed by atoms with E-state index in [0.717, 1.165) is 16.8 Å². The van der Waals surface area contributed by atoms with Gasteiger partial charge in [0.05, 0.1) is 5.04 Å². The Bertz CT molecular complexity index is 143. The minimum absolute atomic E-state index is 0.192. The molecule has 0 saturated carbocycles. The molecule has 1 heterocycles. The average Bonchev–Trinajstić information content (AvgIpc) is 1.64. The number of hydrogen-bond acceptors (Lipinski definition) is 4. The fourth-order valence-electron chi connectivity index (χ4n) is 0.358. The van der Waals surface area contributed by atoms with Crippen molar-refractivity contribution in [2.45, 2.75) is 6.92 Å². The number of rotatable bonds is 0. The quantitative estimate of drug-likeness (QED) is 0.464. The molecule has 1 aliphatic heterocycles. The molecule has 0 aliphatic carbocycles. The van der Waals surface area contributed by atoms with Gasteiger partial charge in [-0.25, -0.2) is 9.79 Å². The number of hydrogen-bond donors (Lipinski definition) is 0. The molecule has 1 aliphatic rings. The Morgan fingerprint density at radius 1 is 1.88 bits per heavy atom. The van der Waals surface area contributed by atoms with Crippen LogP contribution in [0.25, 0.3) is 0 Å². The molecule has 0 amide bonds. The summed E-state index contributed by atoms with van der Waals surface area (Å²) >= 11 is 1.03. The zero-order valence-corrected chi connectivity index (χ0v) is 5.20. The van der Waals surface area contributed by atoms with Crippen LogP contribution in [0.5, 0.6) is 0 Å². The molecule has 3 nitrogen and oxygen atoms in total. The molecule has 0 aromatic heterocycles. The van der Waals surface area contributed by atoms with Crippen LogP contribution >= 0.6 is 11.8 Å². The Hall–Kier alpha value is -0.510. The van der Waals surface area contributed by atoms with Crippen molar-refractivity contribution in [2.75, 3.05) is 6.73 Å². The Balaban J connectivity index is 2.57. The molecule has 0 aromatic rings. The van der Waals surface area contributed by atoms with E-state index in [0.29, 0.717) is 0 Å². The van der Waals surface area contributed by atoms with E-state index in [1.165, 1.54) is 0 Å². The summed E-state index contributed by atoms with van der Waals surface area (Å²) in [4.78, 5) is 14.2. The summed E-state index contributed by atoms with van der Waals surface area (Å²) in [5, 5.41) is 0.527. The van der Waals surface area contributed by atoms with Crippen molar-refractivity contribution in [3.05, 3.63) is 0 Å². The third kappa shape index (κ3) is 1.23. The molecule has 0 fully saturated rings. The smallest absolute Gasteiger partial charge is 0.375 e. The maximum Gasteiger partial charge on any atom is 0.375 e. The molecule has 0 bridgehead atoms. The van der Waals surface area contributed by atoms with Gasteiger partial charge in [-0.1, -0.05) is 0 Å². The predicted octanol–water partition coefficient (Wildman–Crippen LogP) is 1.25. The van der Waals surface area contributed by atoms with Crippen molar-refractivity contribution >= 4 is 22.1 Å². The van der Waals surface area contributed by atoms with E-state index in [2.05, 4.69) is 9.73 Å². The number of aliphatic imine (C=N–C) groups is 1. The lowest BCUT2D eigenvalue weighted by molar-refractivity contribution is 0.178. The third-order valence-electron chi connectivity index (χ3n) is 0.701. The molecule has 0 saturated heterocycles. The lowest BCUT2D eigenvalue weighted by Crippen LogP contribution is -2.07. The molecule has 0 unspecified atom stereocenters. The van der Waals surface area contributed by atoms with Crippen LogP contribution in [0, 0.1) is 0 Å². The van der Waals surface area contributed by atoms with Crippen molar-refractivity contribution in [1.82, 2.24) is 0 Å². The standard InChI is InChI=1S/C4H5NO2S/c1-3-5-2-7-4(6)8-3/h2H2,1H3. The Labute approximate surface area is 51.1 Å². The summed E-state index contributed by atoms with van der Waals surface area (Å²) in [6.45, 7) is 1.97. The lowest BCUT2D eigenvalue weighted by Gasteiger charge is -2.05. The topological polar surface area (TPSA) is 38.7 Å². The summed E-state index contributed by atoms with van der Waals surface area (Å²) in [6.07, 6.45) is 0. The second kappa shape index (κ2) is 2.17. The maximum atomic E-state index is 10.3.